The van der Waals surface area contributed by atoms with Gasteiger partial charge in [-0.15, -0.1) is 0 Å². The van der Waals surface area contributed by atoms with Crippen molar-refractivity contribution in [1.29, 1.82) is 0 Å². The molecule has 0 amide bonds. The molecular weight excluding hydrogens is 352 g/mol. The van der Waals surface area contributed by atoms with Crippen LogP contribution in [0.1, 0.15) is 78.1 Å². The Morgan fingerprint density at radius 2 is 1.00 bits per heavy atom. The van der Waals surface area contributed by atoms with Crippen LogP contribution in [-0.2, 0) is 9.47 Å². The van der Waals surface area contributed by atoms with Crippen LogP contribution in [-0.4, -0.2) is 43.4 Å². The first-order valence-electron chi connectivity index (χ1n) is 8.15. The van der Waals surface area contributed by atoms with Crippen molar-refractivity contribution in [3.8, 4) is 0 Å². The third kappa shape index (κ3) is 18.7. The predicted octanol–water partition coefficient (Wildman–Crippen LogP) is 4.58. The van der Waals surface area contributed by atoms with Gasteiger partial charge in [0, 0.05) is 0 Å². The fraction of sp³-hybridized carbons (Fsp3) is 1.00. The van der Waals surface area contributed by atoms with E-state index in [9.17, 15) is 0 Å². The Morgan fingerprint density at radius 3 is 1.42 bits per heavy atom. The summed E-state index contributed by atoms with van der Waals surface area (Å²) in [5, 5.41) is 0. The van der Waals surface area contributed by atoms with Gasteiger partial charge in [0.2, 0.25) is 0 Å². The third-order valence-electron chi connectivity index (χ3n) is 3.12. The Kier molecular flexibility index (Phi) is 19.4. The van der Waals surface area contributed by atoms with Crippen molar-refractivity contribution in [1.82, 2.24) is 0 Å². The Balaban J connectivity index is 2.88. The SMILES string of the molecule is CCCCCCCOC[Te]COCCCCCCC. The van der Waals surface area contributed by atoms with Crippen LogP contribution in [0.4, 0.5) is 0 Å². The van der Waals surface area contributed by atoms with Gasteiger partial charge < -0.3 is 0 Å². The molecule has 0 unspecified atom stereocenters. The van der Waals surface area contributed by atoms with Crippen molar-refractivity contribution < 1.29 is 9.47 Å². The molecule has 3 heteroatoms. The number of hydrogen-bond donors (Lipinski definition) is 0. The Bertz CT molecular complexity index is 138. The van der Waals surface area contributed by atoms with Crippen molar-refractivity contribution in [2.45, 2.75) is 78.1 Å². The minimum atomic E-state index is -0.0462. The van der Waals surface area contributed by atoms with Crippen LogP contribution in [0.25, 0.3) is 0 Å². The van der Waals surface area contributed by atoms with E-state index in [1.165, 1.54) is 64.2 Å². The van der Waals surface area contributed by atoms with E-state index in [0.717, 1.165) is 22.5 Å². The van der Waals surface area contributed by atoms with Crippen molar-refractivity contribution in [2.75, 3.05) is 22.5 Å². The van der Waals surface area contributed by atoms with Crippen LogP contribution < -0.4 is 0 Å². The summed E-state index contributed by atoms with van der Waals surface area (Å²) in [5.41, 5.74) is 0. The molecule has 0 radical (unpaired) electrons. The van der Waals surface area contributed by atoms with Crippen LogP contribution in [0.2, 0.25) is 0 Å². The van der Waals surface area contributed by atoms with E-state index < -0.39 is 0 Å². The molecular formula is C16H34O2Te. The van der Waals surface area contributed by atoms with E-state index in [1.54, 1.807) is 0 Å². The second kappa shape index (κ2) is 18.7. The van der Waals surface area contributed by atoms with Crippen LogP contribution >= 0.6 is 0 Å². The molecule has 0 aromatic rings. The zero-order chi connectivity index (χ0) is 14.0. The van der Waals surface area contributed by atoms with Gasteiger partial charge in [-0.2, -0.15) is 0 Å². The standard InChI is InChI=1S/C16H34O2Te/c1-3-5-7-9-11-13-17-15-19-16-18-14-12-10-8-6-4-2/h3-16H2,1-2H3. The van der Waals surface area contributed by atoms with Gasteiger partial charge in [-0.1, -0.05) is 0 Å². The second-order valence-electron chi connectivity index (χ2n) is 5.08. The average molecular weight is 386 g/mol. The van der Waals surface area contributed by atoms with Crippen molar-refractivity contribution in [3.05, 3.63) is 0 Å². The summed E-state index contributed by atoms with van der Waals surface area (Å²) in [5.74, 6) is 0. The quantitative estimate of drug-likeness (QED) is 0.286. The van der Waals surface area contributed by atoms with E-state index in [2.05, 4.69) is 13.8 Å². The normalized spacial score (nSPS) is 11.1. The number of unbranched alkanes of at least 4 members (excludes halogenated alkanes) is 8. The van der Waals surface area contributed by atoms with Crippen molar-refractivity contribution in [2.24, 2.45) is 0 Å². The maximum absolute atomic E-state index is 5.65. The summed E-state index contributed by atoms with van der Waals surface area (Å²) in [6, 6.07) is 0. The fourth-order valence-corrected chi connectivity index (χ4v) is 3.42. The minimum absolute atomic E-state index is 0.0462. The predicted molar refractivity (Wildman–Crippen MR) is 84.9 cm³/mol. The molecule has 0 rings (SSSR count). The molecule has 0 heterocycles. The van der Waals surface area contributed by atoms with E-state index in [0.29, 0.717) is 0 Å². The van der Waals surface area contributed by atoms with Gasteiger partial charge in [0.25, 0.3) is 0 Å². The van der Waals surface area contributed by atoms with Crippen molar-refractivity contribution in [3.63, 3.8) is 0 Å². The average Bonchev–Trinajstić information content (AvgIpc) is 2.43. The fourth-order valence-electron chi connectivity index (χ4n) is 1.89. The molecule has 0 aliphatic carbocycles. The molecule has 0 aromatic carbocycles. The van der Waals surface area contributed by atoms with Gasteiger partial charge in [-0.05, 0) is 0 Å². The van der Waals surface area contributed by atoms with E-state index in [1.807, 2.05) is 0 Å². The Hall–Kier alpha value is 0.710. The first-order chi connectivity index (χ1) is 9.41. The summed E-state index contributed by atoms with van der Waals surface area (Å²) >= 11 is -0.0462. The molecule has 0 saturated carbocycles. The first kappa shape index (κ1) is 19.7. The molecule has 0 fully saturated rings. The van der Waals surface area contributed by atoms with Gasteiger partial charge >= 0.3 is 131 Å². The third-order valence-corrected chi connectivity index (χ3v) is 5.02. The van der Waals surface area contributed by atoms with E-state index in [4.69, 9.17) is 9.47 Å². The molecule has 2 nitrogen and oxygen atoms in total. The monoisotopic (exact) mass is 388 g/mol. The van der Waals surface area contributed by atoms with Gasteiger partial charge in [0.05, 0.1) is 0 Å². The van der Waals surface area contributed by atoms with Crippen molar-refractivity contribution >= 4 is 20.9 Å². The number of ether oxygens (including phenoxy) is 2. The second-order valence-corrected chi connectivity index (χ2v) is 7.60. The summed E-state index contributed by atoms with van der Waals surface area (Å²) in [6.45, 7) is 6.44. The van der Waals surface area contributed by atoms with Gasteiger partial charge in [-0.3, -0.25) is 0 Å². The Morgan fingerprint density at radius 1 is 0.579 bits per heavy atom. The van der Waals surface area contributed by atoms with Gasteiger partial charge in [0.15, 0.2) is 0 Å². The summed E-state index contributed by atoms with van der Waals surface area (Å²) < 4.78 is 13.3. The summed E-state index contributed by atoms with van der Waals surface area (Å²) in [6.07, 6.45) is 13.3. The molecule has 116 valence electrons. The van der Waals surface area contributed by atoms with Gasteiger partial charge in [0.1, 0.15) is 0 Å². The summed E-state index contributed by atoms with van der Waals surface area (Å²) in [4.78, 5) is 0. The zero-order valence-electron chi connectivity index (χ0n) is 13.1. The zero-order valence-corrected chi connectivity index (χ0v) is 15.5. The molecule has 0 aromatic heterocycles. The number of hydrogen-bond acceptors (Lipinski definition) is 2. The van der Waals surface area contributed by atoms with E-state index >= 15 is 0 Å². The van der Waals surface area contributed by atoms with Gasteiger partial charge in [-0.25, -0.2) is 0 Å². The molecule has 0 aliphatic heterocycles. The van der Waals surface area contributed by atoms with Crippen LogP contribution in [0.5, 0.6) is 0 Å². The van der Waals surface area contributed by atoms with Crippen LogP contribution in [0, 0.1) is 0 Å². The van der Waals surface area contributed by atoms with Crippen LogP contribution in [0.3, 0.4) is 0 Å². The summed E-state index contributed by atoms with van der Waals surface area (Å²) in [7, 11) is 0. The first-order valence-corrected chi connectivity index (χ1v) is 11.4. The molecule has 0 aliphatic rings. The molecule has 0 spiro atoms. The molecule has 0 saturated heterocycles. The molecule has 0 bridgehead atoms. The molecule has 19 heavy (non-hydrogen) atoms. The maximum atomic E-state index is 5.65. The van der Waals surface area contributed by atoms with Crippen LogP contribution in [0.15, 0.2) is 0 Å². The van der Waals surface area contributed by atoms with E-state index in [-0.39, 0.29) is 20.9 Å². The topological polar surface area (TPSA) is 18.5 Å². The Labute approximate surface area is 131 Å². The number of rotatable bonds is 16. The molecule has 0 N–H and O–H groups in total. The molecule has 0 atom stereocenters.